The van der Waals surface area contributed by atoms with Gasteiger partial charge in [0.2, 0.25) is 0 Å². The van der Waals surface area contributed by atoms with E-state index in [1.807, 2.05) is 37.3 Å². The lowest BCUT2D eigenvalue weighted by Crippen LogP contribution is -2.26. The average Bonchev–Trinajstić information content (AvgIpc) is 3.28. The van der Waals surface area contributed by atoms with Crippen molar-refractivity contribution in [3.8, 4) is 0 Å². The van der Waals surface area contributed by atoms with Gasteiger partial charge in [-0.1, -0.05) is 44.2 Å². The number of furan rings is 1. The Balaban J connectivity index is 1.97. The van der Waals surface area contributed by atoms with Crippen LogP contribution in [0, 0.1) is 0 Å². The molecule has 3 rings (SSSR count). The van der Waals surface area contributed by atoms with E-state index in [4.69, 9.17) is 4.42 Å². The first-order chi connectivity index (χ1) is 11.1. The molecule has 1 N–H and O–H groups in total. The molecular formula is C19H21NO3. The van der Waals surface area contributed by atoms with Crippen molar-refractivity contribution in [1.29, 1.82) is 0 Å². The fraction of sp³-hybridized carbons (Fsp3) is 0.368. The molecule has 1 heterocycles. The maximum atomic E-state index is 12.5. The van der Waals surface area contributed by atoms with Crippen LogP contribution in [0.25, 0.3) is 0 Å². The minimum Gasteiger partial charge on any atom is -0.456 e. The van der Waals surface area contributed by atoms with Crippen molar-refractivity contribution in [2.75, 3.05) is 0 Å². The SMILES string of the molecule is CCC(=O)c1cc(C(=O)NC2CC2)c(C(C)c2ccccc2)o1. The summed E-state index contributed by atoms with van der Waals surface area (Å²) < 4.78 is 5.80. The van der Waals surface area contributed by atoms with Crippen LogP contribution in [0.5, 0.6) is 0 Å². The molecule has 1 aliphatic carbocycles. The smallest absolute Gasteiger partial charge is 0.255 e. The van der Waals surface area contributed by atoms with Gasteiger partial charge in [-0.15, -0.1) is 0 Å². The zero-order valence-corrected chi connectivity index (χ0v) is 13.5. The number of carbonyl (C=O) groups is 2. The highest BCUT2D eigenvalue weighted by Crippen LogP contribution is 2.31. The second-order valence-corrected chi connectivity index (χ2v) is 6.05. The highest BCUT2D eigenvalue weighted by atomic mass is 16.3. The van der Waals surface area contributed by atoms with Gasteiger partial charge in [0.15, 0.2) is 11.5 Å². The molecular weight excluding hydrogens is 290 g/mol. The zero-order valence-electron chi connectivity index (χ0n) is 13.5. The zero-order chi connectivity index (χ0) is 16.4. The highest BCUT2D eigenvalue weighted by molar-refractivity contribution is 6.00. The van der Waals surface area contributed by atoms with Crippen LogP contribution in [0.2, 0.25) is 0 Å². The quantitative estimate of drug-likeness (QED) is 0.823. The third-order valence-corrected chi connectivity index (χ3v) is 4.21. The van der Waals surface area contributed by atoms with Crippen LogP contribution in [0.15, 0.2) is 40.8 Å². The van der Waals surface area contributed by atoms with Crippen molar-refractivity contribution in [1.82, 2.24) is 5.32 Å². The van der Waals surface area contributed by atoms with Crippen molar-refractivity contribution in [2.45, 2.75) is 45.1 Å². The maximum Gasteiger partial charge on any atom is 0.255 e. The molecule has 1 amide bonds. The Hall–Kier alpha value is -2.36. The Morgan fingerprint density at radius 1 is 1.26 bits per heavy atom. The minimum atomic E-state index is -0.149. The summed E-state index contributed by atoms with van der Waals surface area (Å²) in [7, 11) is 0. The monoisotopic (exact) mass is 311 g/mol. The molecule has 23 heavy (non-hydrogen) atoms. The van der Waals surface area contributed by atoms with Crippen LogP contribution in [-0.2, 0) is 0 Å². The normalized spacial score (nSPS) is 15.2. The van der Waals surface area contributed by atoms with E-state index < -0.39 is 0 Å². The fourth-order valence-electron chi connectivity index (χ4n) is 2.60. The number of hydrogen-bond donors (Lipinski definition) is 1. The number of rotatable bonds is 6. The van der Waals surface area contributed by atoms with Gasteiger partial charge >= 0.3 is 0 Å². The fourth-order valence-corrected chi connectivity index (χ4v) is 2.60. The van der Waals surface area contributed by atoms with Crippen molar-refractivity contribution in [2.24, 2.45) is 0 Å². The molecule has 4 heteroatoms. The maximum absolute atomic E-state index is 12.5. The first-order valence-electron chi connectivity index (χ1n) is 8.13. The van der Waals surface area contributed by atoms with Crippen LogP contribution in [0.3, 0.4) is 0 Å². The molecule has 1 aromatic heterocycles. The largest absolute Gasteiger partial charge is 0.456 e. The van der Waals surface area contributed by atoms with E-state index in [1.165, 1.54) is 0 Å². The van der Waals surface area contributed by atoms with Crippen LogP contribution < -0.4 is 5.32 Å². The van der Waals surface area contributed by atoms with E-state index in [2.05, 4.69) is 5.32 Å². The third-order valence-electron chi connectivity index (χ3n) is 4.21. The summed E-state index contributed by atoms with van der Waals surface area (Å²) in [5.74, 6) is 0.508. The Kier molecular flexibility index (Phi) is 4.33. The summed E-state index contributed by atoms with van der Waals surface area (Å²) in [6, 6.07) is 11.7. The predicted octanol–water partition coefficient (Wildman–Crippen LogP) is 3.92. The van der Waals surface area contributed by atoms with Gasteiger partial charge in [0, 0.05) is 24.4 Å². The summed E-state index contributed by atoms with van der Waals surface area (Å²) >= 11 is 0. The van der Waals surface area contributed by atoms with Gasteiger partial charge in [-0.05, 0) is 18.4 Å². The first-order valence-corrected chi connectivity index (χ1v) is 8.13. The lowest BCUT2D eigenvalue weighted by atomic mass is 9.96. The molecule has 1 unspecified atom stereocenters. The molecule has 1 aromatic carbocycles. The summed E-state index contributed by atoms with van der Waals surface area (Å²) in [5.41, 5.74) is 1.53. The Bertz CT molecular complexity index is 713. The Morgan fingerprint density at radius 2 is 1.96 bits per heavy atom. The molecule has 120 valence electrons. The molecule has 0 spiro atoms. The molecule has 1 aliphatic rings. The predicted molar refractivity (Wildman–Crippen MR) is 87.8 cm³/mol. The van der Waals surface area contributed by atoms with E-state index in [0.29, 0.717) is 17.7 Å². The molecule has 4 nitrogen and oxygen atoms in total. The number of carbonyl (C=O) groups excluding carboxylic acids is 2. The van der Waals surface area contributed by atoms with Crippen molar-refractivity contribution >= 4 is 11.7 Å². The van der Waals surface area contributed by atoms with Crippen molar-refractivity contribution in [3.05, 3.63) is 59.0 Å². The molecule has 0 saturated heterocycles. The molecule has 0 bridgehead atoms. The Labute approximate surface area is 135 Å². The van der Waals surface area contributed by atoms with E-state index in [0.717, 1.165) is 18.4 Å². The number of benzene rings is 1. The van der Waals surface area contributed by atoms with Crippen molar-refractivity contribution < 1.29 is 14.0 Å². The van der Waals surface area contributed by atoms with E-state index in [-0.39, 0.29) is 29.4 Å². The Morgan fingerprint density at radius 3 is 2.57 bits per heavy atom. The molecule has 0 aliphatic heterocycles. The highest BCUT2D eigenvalue weighted by Gasteiger charge is 2.29. The third kappa shape index (κ3) is 3.36. The van der Waals surface area contributed by atoms with E-state index in [9.17, 15) is 9.59 Å². The molecule has 0 radical (unpaired) electrons. The number of ketones is 1. The van der Waals surface area contributed by atoms with Gasteiger partial charge in [0.05, 0.1) is 5.56 Å². The van der Waals surface area contributed by atoms with Gasteiger partial charge in [0.1, 0.15) is 5.76 Å². The standard InChI is InChI=1S/C19H21NO3/c1-3-16(21)17-11-15(19(22)20-14-9-10-14)18(23-17)12(2)13-7-5-4-6-8-13/h4-8,11-12,14H,3,9-10H2,1-2H3,(H,20,22). The van der Waals surface area contributed by atoms with E-state index in [1.54, 1.807) is 13.0 Å². The second kappa shape index (κ2) is 6.41. The molecule has 1 fully saturated rings. The van der Waals surface area contributed by atoms with Gasteiger partial charge in [-0.3, -0.25) is 9.59 Å². The molecule has 1 atom stereocenters. The number of amides is 1. The number of hydrogen-bond acceptors (Lipinski definition) is 3. The van der Waals surface area contributed by atoms with Crippen molar-refractivity contribution in [3.63, 3.8) is 0 Å². The molecule has 1 saturated carbocycles. The minimum absolute atomic E-state index is 0.0861. The lowest BCUT2D eigenvalue weighted by molar-refractivity contribution is 0.0942. The molecule has 2 aromatic rings. The summed E-state index contributed by atoms with van der Waals surface area (Å²) in [4.78, 5) is 24.5. The van der Waals surface area contributed by atoms with Gasteiger partial charge in [-0.2, -0.15) is 0 Å². The van der Waals surface area contributed by atoms with Crippen LogP contribution in [-0.4, -0.2) is 17.7 Å². The number of Topliss-reactive ketones (excluding diaryl/α,β-unsaturated/α-hetero) is 1. The summed E-state index contributed by atoms with van der Waals surface area (Å²) in [6.07, 6.45) is 2.40. The topological polar surface area (TPSA) is 59.3 Å². The lowest BCUT2D eigenvalue weighted by Gasteiger charge is -2.11. The van der Waals surface area contributed by atoms with Crippen LogP contribution in [0.1, 0.15) is 71.3 Å². The summed E-state index contributed by atoms with van der Waals surface area (Å²) in [5, 5.41) is 2.98. The number of nitrogens with one attached hydrogen (secondary N) is 1. The summed E-state index contributed by atoms with van der Waals surface area (Å²) in [6.45, 7) is 3.78. The van der Waals surface area contributed by atoms with Gasteiger partial charge in [-0.25, -0.2) is 0 Å². The second-order valence-electron chi connectivity index (χ2n) is 6.05. The van der Waals surface area contributed by atoms with Gasteiger partial charge in [0.25, 0.3) is 5.91 Å². The van der Waals surface area contributed by atoms with E-state index >= 15 is 0 Å². The first kappa shape index (κ1) is 15.5. The average molecular weight is 311 g/mol. The van der Waals surface area contributed by atoms with Crippen LogP contribution in [0.4, 0.5) is 0 Å². The van der Waals surface area contributed by atoms with Crippen LogP contribution >= 0.6 is 0 Å². The van der Waals surface area contributed by atoms with Gasteiger partial charge < -0.3 is 9.73 Å².